The maximum atomic E-state index is 9.58. The fourth-order valence-electron chi connectivity index (χ4n) is 2.82. The molecule has 2 rings (SSSR count). The van der Waals surface area contributed by atoms with Gasteiger partial charge in [0.05, 0.1) is 11.6 Å². The van der Waals surface area contributed by atoms with Gasteiger partial charge in [0.25, 0.3) is 0 Å². The predicted molar refractivity (Wildman–Crippen MR) is 128 cm³/mol. The van der Waals surface area contributed by atoms with Crippen LogP contribution >= 0.6 is 24.2 Å². The number of benzene rings is 2. The zero-order valence-corrected chi connectivity index (χ0v) is 19.4. The monoisotopic (exact) mass is 430 g/mol. The average molecular weight is 431 g/mol. The summed E-state index contributed by atoms with van der Waals surface area (Å²) in [6.07, 6.45) is 1.93. The van der Waals surface area contributed by atoms with Gasteiger partial charge in [-0.05, 0) is 66.7 Å². The first-order chi connectivity index (χ1) is 13.5. The van der Waals surface area contributed by atoms with Crippen LogP contribution in [0.15, 0.2) is 53.4 Å². The van der Waals surface area contributed by atoms with Crippen molar-refractivity contribution in [2.45, 2.75) is 37.8 Å². The first-order valence-corrected chi connectivity index (χ1v) is 10.8. The topological polar surface area (TPSA) is 36.3 Å². The number of ether oxygens (including phenoxy) is 1. The molecule has 0 N–H and O–H groups in total. The molecular formula is C24H31ClN2OS. The Labute approximate surface area is 186 Å². The summed E-state index contributed by atoms with van der Waals surface area (Å²) < 4.78 is 5.83. The van der Waals surface area contributed by atoms with Gasteiger partial charge in [-0.15, -0.1) is 24.2 Å². The first kappa shape index (κ1) is 25.1. The lowest BCUT2D eigenvalue weighted by Gasteiger charge is -2.18. The zero-order valence-electron chi connectivity index (χ0n) is 17.7. The fraction of sp³-hybridized carbons (Fsp3) is 0.375. The summed E-state index contributed by atoms with van der Waals surface area (Å²) in [5.74, 6) is 0.836. The molecule has 0 fully saturated rings. The van der Waals surface area contributed by atoms with Gasteiger partial charge in [0, 0.05) is 16.7 Å². The van der Waals surface area contributed by atoms with Crippen LogP contribution in [-0.2, 0) is 0 Å². The summed E-state index contributed by atoms with van der Waals surface area (Å²) >= 11 is 1.84. The molecule has 0 saturated heterocycles. The van der Waals surface area contributed by atoms with Crippen molar-refractivity contribution in [1.29, 1.82) is 5.26 Å². The third-order valence-electron chi connectivity index (χ3n) is 4.42. The molecule has 0 amide bonds. The molecule has 2 aromatic carbocycles. The number of hydrogen-bond donors (Lipinski definition) is 0. The second kappa shape index (κ2) is 13.3. The van der Waals surface area contributed by atoms with Crippen LogP contribution < -0.4 is 4.74 Å². The quantitative estimate of drug-likeness (QED) is 0.248. The van der Waals surface area contributed by atoms with Crippen LogP contribution in [0.25, 0.3) is 11.6 Å². The molecule has 0 saturated carbocycles. The molecule has 0 heterocycles. The maximum absolute atomic E-state index is 9.58. The Balaban J connectivity index is 0.00000420. The molecule has 0 aliphatic carbocycles. The predicted octanol–water partition coefficient (Wildman–Crippen LogP) is 6.39. The largest absolute Gasteiger partial charge is 0.492 e. The fourth-order valence-corrected chi connectivity index (χ4v) is 3.66. The van der Waals surface area contributed by atoms with Crippen LogP contribution in [0, 0.1) is 11.3 Å². The first-order valence-electron chi connectivity index (χ1n) is 9.89. The van der Waals surface area contributed by atoms with Crippen LogP contribution in [0.2, 0.25) is 0 Å². The molecule has 0 bridgehead atoms. The van der Waals surface area contributed by atoms with E-state index in [9.17, 15) is 5.26 Å². The maximum Gasteiger partial charge on any atom is 0.119 e. The molecule has 0 aliphatic heterocycles. The molecule has 0 spiro atoms. The molecular weight excluding hydrogens is 400 g/mol. The normalized spacial score (nSPS) is 11.3. The Morgan fingerprint density at radius 1 is 1.07 bits per heavy atom. The van der Waals surface area contributed by atoms with E-state index in [-0.39, 0.29) is 12.4 Å². The number of thioether (sulfide) groups is 1. The molecule has 5 heteroatoms. The molecule has 3 nitrogen and oxygen atoms in total. The highest BCUT2D eigenvalue weighted by atomic mass is 35.5. The molecule has 29 heavy (non-hydrogen) atoms. The Morgan fingerprint density at radius 2 is 1.69 bits per heavy atom. The minimum Gasteiger partial charge on any atom is -0.492 e. The van der Waals surface area contributed by atoms with Crippen LogP contribution in [0.4, 0.5) is 0 Å². The van der Waals surface area contributed by atoms with E-state index in [2.05, 4.69) is 62.9 Å². The number of nitriles is 1. The Morgan fingerprint density at radius 3 is 2.21 bits per heavy atom. The van der Waals surface area contributed by atoms with E-state index in [1.165, 1.54) is 4.90 Å². The van der Waals surface area contributed by atoms with E-state index in [1.54, 1.807) is 0 Å². The summed E-state index contributed by atoms with van der Waals surface area (Å²) in [4.78, 5) is 3.58. The van der Waals surface area contributed by atoms with Crippen molar-refractivity contribution < 1.29 is 4.74 Å². The second-order valence-corrected chi connectivity index (χ2v) is 8.46. The SMILES string of the molecule is CCN(CC)CCOc1ccc(/C(C#N)=C/c2ccc(SC(C)C)cc2)cc1.Cl. The number of nitrogens with zero attached hydrogens (tertiary/aromatic N) is 2. The standard InChI is InChI=1S/C24H30N2OS.ClH/c1-5-26(6-2)15-16-27-23-11-9-21(10-12-23)22(18-25)17-20-7-13-24(14-8-20)28-19(3)4;/h7-14,17,19H,5-6,15-16H2,1-4H3;1H/b22-17+;. The van der Waals surface area contributed by atoms with E-state index in [4.69, 9.17) is 4.74 Å². The highest BCUT2D eigenvalue weighted by Gasteiger charge is 2.04. The van der Waals surface area contributed by atoms with Crippen molar-refractivity contribution in [3.05, 3.63) is 59.7 Å². The van der Waals surface area contributed by atoms with Gasteiger partial charge in [-0.25, -0.2) is 0 Å². The van der Waals surface area contributed by atoms with Gasteiger partial charge < -0.3 is 9.64 Å². The lowest BCUT2D eigenvalue weighted by atomic mass is 10.0. The van der Waals surface area contributed by atoms with Gasteiger partial charge in [-0.2, -0.15) is 5.26 Å². The van der Waals surface area contributed by atoms with E-state index in [1.807, 2.05) is 42.1 Å². The van der Waals surface area contributed by atoms with Crippen molar-refractivity contribution >= 4 is 35.8 Å². The Bertz CT molecular complexity index is 791. The van der Waals surface area contributed by atoms with Crippen molar-refractivity contribution in [3.63, 3.8) is 0 Å². The molecule has 0 aromatic heterocycles. The summed E-state index contributed by atoms with van der Waals surface area (Å²) in [6.45, 7) is 12.3. The minimum absolute atomic E-state index is 0. The third kappa shape index (κ3) is 8.53. The van der Waals surface area contributed by atoms with Gasteiger partial charge in [0.1, 0.15) is 12.4 Å². The van der Waals surface area contributed by atoms with Crippen molar-refractivity contribution in [1.82, 2.24) is 4.90 Å². The minimum atomic E-state index is 0. The van der Waals surface area contributed by atoms with Gasteiger partial charge in [0.2, 0.25) is 0 Å². The summed E-state index contributed by atoms with van der Waals surface area (Å²) in [5, 5.41) is 10.1. The van der Waals surface area contributed by atoms with E-state index >= 15 is 0 Å². The van der Waals surface area contributed by atoms with Gasteiger partial charge in [0.15, 0.2) is 0 Å². The summed E-state index contributed by atoms with van der Waals surface area (Å²) in [6, 6.07) is 18.4. The molecule has 156 valence electrons. The van der Waals surface area contributed by atoms with Gasteiger partial charge in [-0.3, -0.25) is 0 Å². The number of rotatable bonds is 10. The van der Waals surface area contributed by atoms with E-state index in [0.717, 1.165) is 36.5 Å². The highest BCUT2D eigenvalue weighted by molar-refractivity contribution is 7.99. The molecule has 0 atom stereocenters. The number of halogens is 1. The molecule has 0 unspecified atom stereocenters. The second-order valence-electron chi connectivity index (χ2n) is 6.81. The Hall–Kier alpha value is -1.93. The molecule has 2 aromatic rings. The van der Waals surface area contributed by atoms with Crippen molar-refractivity contribution in [2.24, 2.45) is 0 Å². The lowest BCUT2D eigenvalue weighted by molar-refractivity contribution is 0.223. The van der Waals surface area contributed by atoms with Crippen molar-refractivity contribution in [3.8, 4) is 11.8 Å². The third-order valence-corrected chi connectivity index (χ3v) is 5.44. The van der Waals surface area contributed by atoms with Gasteiger partial charge >= 0.3 is 0 Å². The Kier molecular flexibility index (Phi) is 11.5. The zero-order chi connectivity index (χ0) is 20.4. The average Bonchev–Trinajstić information content (AvgIpc) is 2.71. The molecule has 0 radical (unpaired) electrons. The smallest absolute Gasteiger partial charge is 0.119 e. The van der Waals surface area contributed by atoms with E-state index < -0.39 is 0 Å². The summed E-state index contributed by atoms with van der Waals surface area (Å²) in [7, 11) is 0. The van der Waals surface area contributed by atoms with Crippen LogP contribution in [0.1, 0.15) is 38.8 Å². The number of allylic oxidation sites excluding steroid dienone is 1. The number of hydrogen-bond acceptors (Lipinski definition) is 4. The highest BCUT2D eigenvalue weighted by Crippen LogP contribution is 2.25. The van der Waals surface area contributed by atoms with Gasteiger partial charge in [-0.1, -0.05) is 39.8 Å². The van der Waals surface area contributed by atoms with Crippen molar-refractivity contribution in [2.75, 3.05) is 26.2 Å². The lowest BCUT2D eigenvalue weighted by Crippen LogP contribution is -2.27. The van der Waals surface area contributed by atoms with Crippen LogP contribution in [-0.4, -0.2) is 36.4 Å². The number of likely N-dealkylation sites (N-methyl/N-ethyl adjacent to an activating group) is 1. The molecule has 0 aliphatic rings. The van der Waals surface area contributed by atoms with Crippen LogP contribution in [0.5, 0.6) is 5.75 Å². The summed E-state index contributed by atoms with van der Waals surface area (Å²) in [5.41, 5.74) is 2.59. The van der Waals surface area contributed by atoms with E-state index in [0.29, 0.717) is 17.4 Å². The van der Waals surface area contributed by atoms with Crippen LogP contribution in [0.3, 0.4) is 0 Å².